The van der Waals surface area contributed by atoms with Crippen LogP contribution in [0, 0.1) is 5.41 Å². The van der Waals surface area contributed by atoms with Crippen molar-refractivity contribution in [2.24, 2.45) is 11.1 Å². The van der Waals surface area contributed by atoms with E-state index in [0.29, 0.717) is 12.1 Å². The molecule has 0 aliphatic rings. The molecule has 5 nitrogen and oxygen atoms in total. The highest BCUT2D eigenvalue weighted by Crippen LogP contribution is 2.29. The number of benzene rings is 1. The van der Waals surface area contributed by atoms with Crippen molar-refractivity contribution in [3.8, 4) is 0 Å². The van der Waals surface area contributed by atoms with Gasteiger partial charge in [-0.05, 0) is 45.4 Å². The number of amides is 2. The number of carbonyl (C=O) groups excluding carboxylic acids is 2. The molecule has 5 heteroatoms. The van der Waals surface area contributed by atoms with E-state index in [4.69, 9.17) is 5.73 Å². The van der Waals surface area contributed by atoms with Crippen molar-refractivity contribution in [3.05, 3.63) is 29.8 Å². The highest BCUT2D eigenvalue weighted by atomic mass is 16.2. The highest BCUT2D eigenvalue weighted by molar-refractivity contribution is 5.95. The van der Waals surface area contributed by atoms with Crippen molar-refractivity contribution in [3.63, 3.8) is 0 Å². The molecule has 0 radical (unpaired) electrons. The molecular weight excluding hydrogens is 266 g/mol. The van der Waals surface area contributed by atoms with E-state index in [2.05, 4.69) is 10.6 Å². The van der Waals surface area contributed by atoms with Crippen LogP contribution in [0.5, 0.6) is 0 Å². The Labute approximate surface area is 126 Å². The van der Waals surface area contributed by atoms with Gasteiger partial charge in [-0.1, -0.05) is 12.1 Å². The number of nitrogens with two attached hydrogens (primary N) is 1. The van der Waals surface area contributed by atoms with Crippen LogP contribution in [0.15, 0.2) is 24.3 Å². The van der Waals surface area contributed by atoms with Crippen molar-refractivity contribution in [1.82, 2.24) is 5.32 Å². The lowest BCUT2D eigenvalue weighted by atomic mass is 9.74. The van der Waals surface area contributed by atoms with Gasteiger partial charge in [0.15, 0.2) is 0 Å². The van der Waals surface area contributed by atoms with E-state index in [1.54, 1.807) is 19.2 Å². The van der Waals surface area contributed by atoms with Gasteiger partial charge in [0.1, 0.15) is 0 Å². The van der Waals surface area contributed by atoms with Crippen LogP contribution in [0.2, 0.25) is 0 Å². The van der Waals surface area contributed by atoms with E-state index in [9.17, 15) is 9.59 Å². The molecule has 116 valence electrons. The molecule has 0 fully saturated rings. The quantitative estimate of drug-likeness (QED) is 0.771. The predicted molar refractivity (Wildman–Crippen MR) is 84.9 cm³/mol. The fraction of sp³-hybridized carbons (Fsp3) is 0.500. The molecule has 0 atom stereocenters. The van der Waals surface area contributed by atoms with Crippen molar-refractivity contribution >= 4 is 17.5 Å². The van der Waals surface area contributed by atoms with Gasteiger partial charge in [-0.25, -0.2) is 0 Å². The second-order valence-electron chi connectivity index (χ2n) is 6.35. The Balaban J connectivity index is 2.76. The minimum atomic E-state index is -0.701. The molecule has 21 heavy (non-hydrogen) atoms. The highest BCUT2D eigenvalue weighted by Gasteiger charge is 2.40. The molecule has 0 aromatic heterocycles. The number of likely N-dealkylation sites (N-methyl/N-ethyl adjacent to an activating group) is 1. The molecule has 0 spiro atoms. The van der Waals surface area contributed by atoms with Gasteiger partial charge in [-0.3, -0.25) is 9.59 Å². The fourth-order valence-electron chi connectivity index (χ4n) is 1.56. The first-order valence-corrected chi connectivity index (χ1v) is 6.98. The molecule has 1 rings (SSSR count). The van der Waals surface area contributed by atoms with Crippen molar-refractivity contribution in [1.29, 1.82) is 0 Å². The van der Waals surface area contributed by atoms with Gasteiger partial charge >= 0.3 is 0 Å². The monoisotopic (exact) mass is 291 g/mol. The topological polar surface area (TPSA) is 84.2 Å². The van der Waals surface area contributed by atoms with Gasteiger partial charge < -0.3 is 16.4 Å². The van der Waals surface area contributed by atoms with Crippen LogP contribution in [0.3, 0.4) is 0 Å². The summed E-state index contributed by atoms with van der Waals surface area (Å²) in [7, 11) is 1.60. The summed E-state index contributed by atoms with van der Waals surface area (Å²) >= 11 is 0. The molecule has 1 aromatic carbocycles. The first-order valence-electron chi connectivity index (χ1n) is 6.98. The maximum absolute atomic E-state index is 12.3. The molecule has 0 unspecified atom stereocenters. The SMILES string of the molecule is CNC(=O)Cc1ccc(NC(=O)C(C)(C)C(C)(C)N)cc1. The summed E-state index contributed by atoms with van der Waals surface area (Å²) in [5.41, 5.74) is 6.31. The van der Waals surface area contributed by atoms with Crippen LogP contribution in [-0.2, 0) is 16.0 Å². The van der Waals surface area contributed by atoms with Gasteiger partial charge in [0.2, 0.25) is 11.8 Å². The van der Waals surface area contributed by atoms with Gasteiger partial charge in [0.25, 0.3) is 0 Å². The van der Waals surface area contributed by atoms with Crippen LogP contribution in [0.25, 0.3) is 0 Å². The van der Waals surface area contributed by atoms with E-state index in [1.165, 1.54) is 0 Å². The predicted octanol–water partition coefficient (Wildman–Crippen LogP) is 1.68. The van der Waals surface area contributed by atoms with E-state index in [1.807, 2.05) is 39.8 Å². The third-order valence-corrected chi connectivity index (χ3v) is 4.03. The lowest BCUT2D eigenvalue weighted by Crippen LogP contribution is -2.53. The zero-order chi connectivity index (χ0) is 16.3. The number of hydrogen-bond donors (Lipinski definition) is 3. The lowest BCUT2D eigenvalue weighted by Gasteiger charge is -2.36. The Morgan fingerprint density at radius 3 is 2.05 bits per heavy atom. The molecule has 1 aromatic rings. The standard InChI is InChI=1S/C16H25N3O2/c1-15(2,16(3,4)17)14(21)19-12-8-6-11(7-9-12)10-13(20)18-5/h6-9H,10,17H2,1-5H3,(H,18,20)(H,19,21). The van der Waals surface area contributed by atoms with Crippen molar-refractivity contribution < 1.29 is 9.59 Å². The molecule has 0 bridgehead atoms. The van der Waals surface area contributed by atoms with Crippen LogP contribution in [0.4, 0.5) is 5.69 Å². The van der Waals surface area contributed by atoms with Gasteiger partial charge in [0, 0.05) is 18.3 Å². The second-order valence-corrected chi connectivity index (χ2v) is 6.35. The Kier molecular flexibility index (Phi) is 5.12. The Morgan fingerprint density at radius 2 is 1.62 bits per heavy atom. The maximum atomic E-state index is 12.3. The summed E-state index contributed by atoms with van der Waals surface area (Å²) in [6.07, 6.45) is 0.325. The normalized spacial score (nSPS) is 11.9. The molecule has 0 saturated heterocycles. The summed E-state index contributed by atoms with van der Waals surface area (Å²) in [5.74, 6) is -0.174. The van der Waals surface area contributed by atoms with Gasteiger partial charge in [0.05, 0.1) is 11.8 Å². The smallest absolute Gasteiger partial charge is 0.231 e. The summed E-state index contributed by atoms with van der Waals surface area (Å²) in [5, 5.41) is 5.44. The first kappa shape index (κ1) is 17.2. The third-order valence-electron chi connectivity index (χ3n) is 4.03. The minimum absolute atomic E-state index is 0.0437. The average molecular weight is 291 g/mol. The third kappa shape index (κ3) is 4.29. The van der Waals surface area contributed by atoms with Crippen molar-refractivity contribution in [2.75, 3.05) is 12.4 Å². The minimum Gasteiger partial charge on any atom is -0.359 e. The number of hydrogen-bond acceptors (Lipinski definition) is 3. The van der Waals surface area contributed by atoms with E-state index >= 15 is 0 Å². The van der Waals surface area contributed by atoms with Crippen LogP contribution in [0.1, 0.15) is 33.3 Å². The van der Waals surface area contributed by atoms with Crippen molar-refractivity contribution in [2.45, 2.75) is 39.7 Å². The Hall–Kier alpha value is -1.88. The summed E-state index contributed by atoms with van der Waals surface area (Å²) in [6, 6.07) is 7.22. The molecular formula is C16H25N3O2. The second kappa shape index (κ2) is 6.26. The summed E-state index contributed by atoms with van der Waals surface area (Å²) in [6.45, 7) is 7.31. The van der Waals surface area contributed by atoms with Gasteiger partial charge in [-0.2, -0.15) is 0 Å². The summed E-state index contributed by atoms with van der Waals surface area (Å²) < 4.78 is 0. The van der Waals surface area contributed by atoms with E-state index < -0.39 is 11.0 Å². The zero-order valence-electron chi connectivity index (χ0n) is 13.4. The lowest BCUT2D eigenvalue weighted by molar-refractivity contribution is -0.126. The Bertz CT molecular complexity index is 513. The average Bonchev–Trinajstić information content (AvgIpc) is 2.39. The summed E-state index contributed by atoms with van der Waals surface area (Å²) in [4.78, 5) is 23.6. The first-order chi connectivity index (χ1) is 9.57. The zero-order valence-corrected chi connectivity index (χ0v) is 13.4. The van der Waals surface area contributed by atoms with E-state index in [-0.39, 0.29) is 11.8 Å². The molecule has 0 aliphatic carbocycles. The molecule has 2 amide bonds. The maximum Gasteiger partial charge on any atom is 0.231 e. The van der Waals surface area contributed by atoms with Crippen LogP contribution >= 0.6 is 0 Å². The van der Waals surface area contributed by atoms with Crippen LogP contribution in [-0.4, -0.2) is 24.4 Å². The Morgan fingerprint density at radius 1 is 1.10 bits per heavy atom. The fourth-order valence-corrected chi connectivity index (χ4v) is 1.56. The molecule has 0 heterocycles. The number of rotatable bonds is 5. The number of anilines is 1. The molecule has 4 N–H and O–H groups in total. The van der Waals surface area contributed by atoms with Crippen LogP contribution < -0.4 is 16.4 Å². The van der Waals surface area contributed by atoms with E-state index in [0.717, 1.165) is 5.56 Å². The molecule has 0 saturated carbocycles. The number of nitrogens with one attached hydrogen (secondary N) is 2. The number of carbonyl (C=O) groups is 2. The largest absolute Gasteiger partial charge is 0.359 e. The molecule has 0 aliphatic heterocycles. The van der Waals surface area contributed by atoms with Gasteiger partial charge in [-0.15, -0.1) is 0 Å².